The van der Waals surface area contributed by atoms with Gasteiger partial charge in [0.25, 0.3) is 5.91 Å². The first-order valence-electron chi connectivity index (χ1n) is 10.0. The molecule has 0 N–H and O–H groups in total. The van der Waals surface area contributed by atoms with Crippen LogP contribution < -0.4 is 0 Å². The summed E-state index contributed by atoms with van der Waals surface area (Å²) in [5.41, 5.74) is 3.93. The summed E-state index contributed by atoms with van der Waals surface area (Å²) in [4.78, 5) is 16.5. The third kappa shape index (κ3) is 3.18. The maximum atomic E-state index is 14.1. The predicted molar refractivity (Wildman–Crippen MR) is 115 cm³/mol. The molecule has 2 atom stereocenters. The minimum absolute atomic E-state index is 0.0396. The molecule has 0 saturated heterocycles. The second-order valence-corrected chi connectivity index (χ2v) is 8.74. The first kappa shape index (κ1) is 19.7. The molecule has 0 spiro atoms. The van der Waals surface area contributed by atoms with E-state index in [2.05, 4.69) is 21.7 Å². The largest absolute Gasteiger partial charge is 0.350 e. The molecule has 1 aliphatic rings. The molecule has 8 heteroatoms. The number of halogens is 1. The average Bonchev–Trinajstić information content (AvgIpc) is 3.50. The van der Waals surface area contributed by atoms with E-state index in [0.29, 0.717) is 17.8 Å². The Morgan fingerprint density at radius 3 is 2.81 bits per heavy atom. The third-order valence-electron chi connectivity index (χ3n) is 6.12. The Morgan fingerprint density at radius 2 is 2.06 bits per heavy atom. The van der Waals surface area contributed by atoms with E-state index >= 15 is 0 Å². The van der Waals surface area contributed by atoms with Crippen molar-refractivity contribution in [2.45, 2.75) is 25.8 Å². The van der Waals surface area contributed by atoms with Crippen LogP contribution in [-0.2, 0) is 7.05 Å². The maximum absolute atomic E-state index is 14.1. The molecule has 0 aliphatic carbocycles. The van der Waals surface area contributed by atoms with Crippen LogP contribution in [0.5, 0.6) is 0 Å². The van der Waals surface area contributed by atoms with Crippen molar-refractivity contribution in [3.05, 3.63) is 81.3 Å². The number of thiophene rings is 1. The lowest BCUT2D eigenvalue weighted by Crippen LogP contribution is -2.40. The molecule has 4 heterocycles. The number of amides is 1. The predicted octanol–water partition coefficient (Wildman–Crippen LogP) is 4.93. The highest BCUT2D eigenvalue weighted by atomic mass is 32.1. The lowest BCUT2D eigenvalue weighted by Gasteiger charge is -2.37. The number of benzene rings is 1. The minimum atomic E-state index is -0.406. The zero-order valence-corrected chi connectivity index (χ0v) is 18.2. The van der Waals surface area contributed by atoms with E-state index in [4.69, 9.17) is 4.52 Å². The molecule has 1 aliphatic heterocycles. The first-order valence-corrected chi connectivity index (χ1v) is 10.9. The van der Waals surface area contributed by atoms with Crippen molar-refractivity contribution in [3.8, 4) is 11.3 Å². The molecule has 2 unspecified atom stereocenters. The van der Waals surface area contributed by atoms with Crippen molar-refractivity contribution in [1.29, 1.82) is 0 Å². The lowest BCUT2D eigenvalue weighted by atomic mass is 9.88. The van der Waals surface area contributed by atoms with E-state index in [0.717, 1.165) is 16.8 Å². The van der Waals surface area contributed by atoms with E-state index in [1.807, 2.05) is 31.8 Å². The molecule has 6 nitrogen and oxygen atoms in total. The molecular formula is C23H21FN4O2S. The van der Waals surface area contributed by atoms with Gasteiger partial charge >= 0.3 is 0 Å². The van der Waals surface area contributed by atoms with Gasteiger partial charge in [-0.25, -0.2) is 4.39 Å². The number of aryl methyl sites for hydroxylation is 1. The summed E-state index contributed by atoms with van der Waals surface area (Å²) in [5.74, 6) is -0.523. The highest BCUT2D eigenvalue weighted by Crippen LogP contribution is 2.43. The third-order valence-corrected chi connectivity index (χ3v) is 7.17. The number of nitrogens with zero attached hydrogens (tertiary/aromatic N) is 4. The minimum Gasteiger partial charge on any atom is -0.350 e. The Kier molecular flexibility index (Phi) is 4.74. The molecule has 0 fully saturated rings. The van der Waals surface area contributed by atoms with Crippen LogP contribution in [0.25, 0.3) is 11.3 Å². The van der Waals surface area contributed by atoms with Crippen molar-refractivity contribution in [3.63, 3.8) is 0 Å². The van der Waals surface area contributed by atoms with E-state index in [-0.39, 0.29) is 23.6 Å². The van der Waals surface area contributed by atoms with Crippen molar-refractivity contribution in [2.24, 2.45) is 7.05 Å². The Balaban J connectivity index is 1.50. The molecule has 158 valence electrons. The van der Waals surface area contributed by atoms with Crippen LogP contribution in [0.4, 0.5) is 4.39 Å². The van der Waals surface area contributed by atoms with Gasteiger partial charge in [0, 0.05) is 47.3 Å². The molecular weight excluding hydrogens is 415 g/mol. The van der Waals surface area contributed by atoms with Crippen molar-refractivity contribution < 1.29 is 13.7 Å². The molecule has 4 aromatic rings. The molecule has 1 amide bonds. The number of rotatable bonds is 3. The Morgan fingerprint density at radius 1 is 1.26 bits per heavy atom. The quantitative estimate of drug-likeness (QED) is 0.457. The van der Waals surface area contributed by atoms with Gasteiger partial charge in [0.1, 0.15) is 11.5 Å². The molecule has 1 aromatic carbocycles. The fraction of sp³-hybridized carbons (Fsp3) is 0.261. The van der Waals surface area contributed by atoms with Crippen LogP contribution in [0, 0.1) is 12.7 Å². The molecule has 5 rings (SSSR count). The highest BCUT2D eigenvalue weighted by Gasteiger charge is 2.38. The van der Waals surface area contributed by atoms with E-state index < -0.39 is 5.82 Å². The highest BCUT2D eigenvalue weighted by molar-refractivity contribution is 7.10. The molecule has 0 bridgehead atoms. The smallest absolute Gasteiger partial charge is 0.293 e. The number of hydrogen-bond acceptors (Lipinski definition) is 5. The van der Waals surface area contributed by atoms with Crippen LogP contribution >= 0.6 is 11.3 Å². The summed E-state index contributed by atoms with van der Waals surface area (Å²) < 4.78 is 21.3. The van der Waals surface area contributed by atoms with Gasteiger partial charge < -0.3 is 9.42 Å². The van der Waals surface area contributed by atoms with Crippen LogP contribution in [-0.4, -0.2) is 32.3 Å². The fourth-order valence-electron chi connectivity index (χ4n) is 4.23. The Hall–Kier alpha value is -3.26. The van der Waals surface area contributed by atoms with Gasteiger partial charge in [0.15, 0.2) is 0 Å². The van der Waals surface area contributed by atoms with Crippen molar-refractivity contribution >= 4 is 17.2 Å². The number of carbonyl (C=O) groups is 1. The maximum Gasteiger partial charge on any atom is 0.293 e. The summed E-state index contributed by atoms with van der Waals surface area (Å²) in [6, 6.07) is 9.79. The summed E-state index contributed by atoms with van der Waals surface area (Å²) in [6.45, 7) is 4.57. The van der Waals surface area contributed by atoms with Crippen LogP contribution in [0.1, 0.15) is 51.1 Å². The summed E-state index contributed by atoms with van der Waals surface area (Å²) in [6.07, 6.45) is 1.88. The molecule has 0 radical (unpaired) electrons. The van der Waals surface area contributed by atoms with Gasteiger partial charge in [-0.15, -0.1) is 11.3 Å². The molecule has 3 aromatic heterocycles. The van der Waals surface area contributed by atoms with Crippen LogP contribution in [0.2, 0.25) is 0 Å². The van der Waals surface area contributed by atoms with Crippen LogP contribution in [0.15, 0.2) is 52.5 Å². The molecule has 0 saturated carbocycles. The summed E-state index contributed by atoms with van der Waals surface area (Å²) in [7, 11) is 1.92. The number of carbonyl (C=O) groups excluding carboxylic acids is 1. The SMILES string of the molecule is Cc1c(C2CN(C(=O)c3cc(-c4ccccc4F)no3)C(C)c3ccsc32)cnn1C. The lowest BCUT2D eigenvalue weighted by molar-refractivity contribution is 0.0624. The van der Waals surface area contributed by atoms with E-state index in [1.165, 1.54) is 17.0 Å². The fourth-order valence-corrected chi connectivity index (χ4v) is 5.34. The van der Waals surface area contributed by atoms with Gasteiger partial charge in [0.2, 0.25) is 5.76 Å². The van der Waals surface area contributed by atoms with E-state index in [9.17, 15) is 9.18 Å². The first-order chi connectivity index (χ1) is 15.0. The average molecular weight is 437 g/mol. The number of hydrogen-bond donors (Lipinski definition) is 0. The summed E-state index contributed by atoms with van der Waals surface area (Å²) in [5, 5.41) is 10.4. The second-order valence-electron chi connectivity index (χ2n) is 7.79. The topological polar surface area (TPSA) is 64.2 Å². The second kappa shape index (κ2) is 7.46. The van der Waals surface area contributed by atoms with Gasteiger partial charge in [-0.2, -0.15) is 5.10 Å². The standard InChI is InChI=1S/C23H21FN4O2S/c1-13-17(11-25-27(13)3)18-12-28(14(2)15-8-9-31-22(15)18)23(29)21-10-20(26-30-21)16-6-4-5-7-19(16)24/h4-11,14,18H,12H2,1-3H3. The van der Waals surface area contributed by atoms with Gasteiger partial charge in [-0.05, 0) is 43.0 Å². The Bertz CT molecular complexity index is 1270. The van der Waals surface area contributed by atoms with Crippen molar-refractivity contribution in [2.75, 3.05) is 6.54 Å². The number of aromatic nitrogens is 3. The monoisotopic (exact) mass is 436 g/mol. The zero-order chi connectivity index (χ0) is 21.7. The van der Waals surface area contributed by atoms with Gasteiger partial charge in [-0.1, -0.05) is 17.3 Å². The van der Waals surface area contributed by atoms with Gasteiger partial charge in [0.05, 0.1) is 12.2 Å². The summed E-state index contributed by atoms with van der Waals surface area (Å²) >= 11 is 1.71. The van der Waals surface area contributed by atoms with Gasteiger partial charge in [-0.3, -0.25) is 9.48 Å². The number of fused-ring (bicyclic) bond motifs is 1. The normalized spacial score (nSPS) is 18.3. The van der Waals surface area contributed by atoms with Crippen LogP contribution in [0.3, 0.4) is 0 Å². The van der Waals surface area contributed by atoms with Crippen molar-refractivity contribution in [1.82, 2.24) is 19.8 Å². The Labute approximate surface area is 182 Å². The zero-order valence-electron chi connectivity index (χ0n) is 17.4. The van der Waals surface area contributed by atoms with E-state index in [1.54, 1.807) is 34.4 Å². The molecule has 31 heavy (non-hydrogen) atoms.